The molecule has 1 heterocycles. The third kappa shape index (κ3) is 4.19. The molecular formula is C13H19F3N2S. The van der Waals surface area contributed by atoms with Gasteiger partial charge in [0.15, 0.2) is 0 Å². The Morgan fingerprint density at radius 2 is 2.05 bits per heavy atom. The van der Waals surface area contributed by atoms with E-state index in [1.54, 1.807) is 11.3 Å². The zero-order valence-electron chi connectivity index (χ0n) is 10.7. The van der Waals surface area contributed by atoms with Gasteiger partial charge < -0.3 is 0 Å². The molecule has 0 saturated heterocycles. The van der Waals surface area contributed by atoms with Crippen molar-refractivity contribution in [1.82, 2.24) is 5.43 Å². The Morgan fingerprint density at radius 1 is 1.32 bits per heavy atom. The van der Waals surface area contributed by atoms with Crippen LogP contribution in [0.4, 0.5) is 13.2 Å². The van der Waals surface area contributed by atoms with Crippen LogP contribution >= 0.6 is 11.3 Å². The van der Waals surface area contributed by atoms with Gasteiger partial charge in [-0.1, -0.05) is 0 Å². The summed E-state index contributed by atoms with van der Waals surface area (Å²) in [6, 6.07) is 1.97. The molecule has 19 heavy (non-hydrogen) atoms. The minimum absolute atomic E-state index is 0.112. The Labute approximate surface area is 115 Å². The van der Waals surface area contributed by atoms with E-state index in [9.17, 15) is 13.2 Å². The summed E-state index contributed by atoms with van der Waals surface area (Å²) in [4.78, 5) is 2.47. The first-order valence-corrected chi connectivity index (χ1v) is 7.45. The first-order valence-electron chi connectivity index (χ1n) is 6.64. The van der Waals surface area contributed by atoms with Gasteiger partial charge in [0, 0.05) is 16.2 Å². The van der Waals surface area contributed by atoms with E-state index in [2.05, 4.69) is 11.5 Å². The van der Waals surface area contributed by atoms with Crippen molar-refractivity contribution in [1.29, 1.82) is 0 Å². The number of fused-ring (bicyclic) bond motifs is 1. The molecule has 0 fully saturated rings. The molecule has 0 amide bonds. The third-order valence-electron chi connectivity index (χ3n) is 3.51. The fourth-order valence-electron chi connectivity index (χ4n) is 2.50. The normalized spacial score (nSPS) is 17.3. The van der Waals surface area contributed by atoms with Crippen molar-refractivity contribution in [2.75, 3.05) is 0 Å². The lowest BCUT2D eigenvalue weighted by Crippen LogP contribution is -2.27. The molecule has 0 aromatic carbocycles. The lowest BCUT2D eigenvalue weighted by atomic mass is 9.98. The monoisotopic (exact) mass is 292 g/mol. The highest BCUT2D eigenvalue weighted by Gasteiger charge is 2.27. The largest absolute Gasteiger partial charge is 0.389 e. The van der Waals surface area contributed by atoms with Crippen molar-refractivity contribution in [2.45, 2.75) is 57.2 Å². The number of hydrogen-bond donors (Lipinski definition) is 2. The average molecular weight is 292 g/mol. The minimum Gasteiger partial charge on any atom is -0.271 e. The predicted octanol–water partition coefficient (Wildman–Crippen LogP) is 3.86. The predicted molar refractivity (Wildman–Crippen MR) is 70.9 cm³/mol. The molecular weight excluding hydrogens is 273 g/mol. The van der Waals surface area contributed by atoms with Gasteiger partial charge in [0.1, 0.15) is 0 Å². The van der Waals surface area contributed by atoms with Gasteiger partial charge in [-0.05, 0) is 50.2 Å². The Balaban J connectivity index is 1.95. The molecule has 1 aliphatic rings. The zero-order chi connectivity index (χ0) is 13.9. The summed E-state index contributed by atoms with van der Waals surface area (Å²) in [7, 11) is 0. The van der Waals surface area contributed by atoms with E-state index >= 15 is 0 Å². The van der Waals surface area contributed by atoms with Gasteiger partial charge in [-0.3, -0.25) is 11.3 Å². The van der Waals surface area contributed by atoms with Crippen LogP contribution in [-0.4, -0.2) is 6.18 Å². The van der Waals surface area contributed by atoms with Gasteiger partial charge in [-0.25, -0.2) is 0 Å². The maximum atomic E-state index is 12.1. The number of alkyl halides is 3. The highest BCUT2D eigenvalue weighted by Crippen LogP contribution is 2.35. The van der Waals surface area contributed by atoms with Crippen LogP contribution in [0.25, 0.3) is 0 Å². The van der Waals surface area contributed by atoms with Gasteiger partial charge in [-0.15, -0.1) is 11.3 Å². The molecule has 1 atom stereocenters. The van der Waals surface area contributed by atoms with Crippen LogP contribution in [0.1, 0.15) is 53.5 Å². The van der Waals surface area contributed by atoms with Crippen molar-refractivity contribution in [3.63, 3.8) is 0 Å². The smallest absolute Gasteiger partial charge is 0.271 e. The number of rotatable bonds is 5. The Bertz CT molecular complexity index is 391. The fraction of sp³-hybridized carbons (Fsp3) is 0.692. The second kappa shape index (κ2) is 6.24. The number of hydrazine groups is 1. The van der Waals surface area contributed by atoms with Crippen LogP contribution in [0, 0.1) is 0 Å². The summed E-state index contributed by atoms with van der Waals surface area (Å²) in [6.45, 7) is 0. The maximum Gasteiger partial charge on any atom is 0.389 e. The van der Waals surface area contributed by atoms with Gasteiger partial charge in [0.05, 0.1) is 6.04 Å². The van der Waals surface area contributed by atoms with Gasteiger partial charge in [0.2, 0.25) is 0 Å². The molecule has 2 rings (SSSR count). The van der Waals surface area contributed by atoms with E-state index in [1.165, 1.54) is 23.3 Å². The third-order valence-corrected chi connectivity index (χ3v) is 4.86. The second-order valence-corrected chi connectivity index (χ2v) is 6.20. The molecule has 3 N–H and O–H groups in total. The number of thiophene rings is 1. The first-order chi connectivity index (χ1) is 8.99. The van der Waals surface area contributed by atoms with E-state index < -0.39 is 12.6 Å². The number of aryl methyl sites for hydroxylation is 2. The highest BCUT2D eigenvalue weighted by molar-refractivity contribution is 7.12. The molecule has 0 aliphatic heterocycles. The van der Waals surface area contributed by atoms with Crippen molar-refractivity contribution < 1.29 is 13.2 Å². The van der Waals surface area contributed by atoms with Crippen LogP contribution in [0.3, 0.4) is 0 Å². The molecule has 1 aromatic heterocycles. The zero-order valence-corrected chi connectivity index (χ0v) is 11.5. The Morgan fingerprint density at radius 3 is 2.68 bits per heavy atom. The molecule has 0 saturated carbocycles. The summed E-state index contributed by atoms with van der Waals surface area (Å²) in [6.07, 6.45) is 0.325. The van der Waals surface area contributed by atoms with Crippen LogP contribution in [0.5, 0.6) is 0 Å². The van der Waals surface area contributed by atoms with Crippen LogP contribution in [0.15, 0.2) is 6.07 Å². The number of hydrogen-bond acceptors (Lipinski definition) is 3. The summed E-state index contributed by atoms with van der Waals surface area (Å²) in [5.41, 5.74) is 4.02. The lowest BCUT2D eigenvalue weighted by molar-refractivity contribution is -0.135. The van der Waals surface area contributed by atoms with Gasteiger partial charge >= 0.3 is 6.18 Å². The van der Waals surface area contributed by atoms with E-state index in [0.29, 0.717) is 6.42 Å². The van der Waals surface area contributed by atoms with Crippen molar-refractivity contribution in [2.24, 2.45) is 5.84 Å². The molecule has 6 heteroatoms. The van der Waals surface area contributed by atoms with E-state index in [1.807, 2.05) is 0 Å². The topological polar surface area (TPSA) is 38.0 Å². The Hall–Kier alpha value is -0.590. The van der Waals surface area contributed by atoms with Crippen molar-refractivity contribution >= 4 is 11.3 Å². The maximum absolute atomic E-state index is 12.1. The standard InChI is InChI=1S/C13H19F3N2S/c14-13(15,16)7-3-5-10(18-17)12-8-9-4-1-2-6-11(9)19-12/h8,10,18H,1-7,17H2. The summed E-state index contributed by atoms with van der Waals surface area (Å²) < 4.78 is 36.4. The summed E-state index contributed by atoms with van der Waals surface area (Å²) in [5, 5.41) is 0. The quantitative estimate of drug-likeness (QED) is 0.639. The van der Waals surface area contributed by atoms with Crippen molar-refractivity contribution in [3.05, 3.63) is 21.4 Å². The number of halogens is 3. The molecule has 1 aromatic rings. The lowest BCUT2D eigenvalue weighted by Gasteiger charge is -2.14. The average Bonchev–Trinajstić information content (AvgIpc) is 2.76. The summed E-state index contributed by atoms with van der Waals surface area (Å²) >= 11 is 1.70. The van der Waals surface area contributed by atoms with Crippen LogP contribution in [0.2, 0.25) is 0 Å². The van der Waals surface area contributed by atoms with E-state index in [-0.39, 0.29) is 12.5 Å². The molecule has 108 valence electrons. The van der Waals surface area contributed by atoms with Crippen LogP contribution < -0.4 is 11.3 Å². The number of nitrogens with two attached hydrogens (primary N) is 1. The van der Waals surface area contributed by atoms with Gasteiger partial charge in [-0.2, -0.15) is 13.2 Å². The molecule has 0 bridgehead atoms. The van der Waals surface area contributed by atoms with E-state index in [0.717, 1.165) is 17.7 Å². The van der Waals surface area contributed by atoms with Crippen LogP contribution in [-0.2, 0) is 12.8 Å². The Kier molecular flexibility index (Phi) is 4.86. The highest BCUT2D eigenvalue weighted by atomic mass is 32.1. The molecule has 2 nitrogen and oxygen atoms in total. The number of nitrogens with one attached hydrogen (secondary N) is 1. The molecule has 0 radical (unpaired) electrons. The molecule has 1 unspecified atom stereocenters. The molecule has 0 spiro atoms. The second-order valence-electron chi connectivity index (χ2n) is 5.03. The molecule has 1 aliphatic carbocycles. The SMILES string of the molecule is NNC(CCCC(F)(F)F)c1cc2c(s1)CCCC2. The minimum atomic E-state index is -4.08. The van der Waals surface area contributed by atoms with Gasteiger partial charge in [0.25, 0.3) is 0 Å². The van der Waals surface area contributed by atoms with E-state index in [4.69, 9.17) is 5.84 Å². The first kappa shape index (κ1) is 14.8. The summed E-state index contributed by atoms with van der Waals surface area (Å²) in [5.74, 6) is 5.49. The van der Waals surface area contributed by atoms with Crippen molar-refractivity contribution in [3.8, 4) is 0 Å². The fourth-order valence-corrected chi connectivity index (χ4v) is 3.85.